The first kappa shape index (κ1) is 34.6. The quantitative estimate of drug-likeness (QED) is 0.0763. The lowest BCUT2D eigenvalue weighted by molar-refractivity contribution is -0.246. The minimum Gasteiger partial charge on any atom is -0.369 e. The van der Waals surface area contributed by atoms with Crippen LogP contribution >= 0.6 is 0 Å². The molecule has 1 aromatic heterocycles. The van der Waals surface area contributed by atoms with Gasteiger partial charge in [0, 0.05) is 30.8 Å². The van der Waals surface area contributed by atoms with Gasteiger partial charge in [-0.05, 0) is 48.4 Å². The average molecular weight is 656 g/mol. The highest BCUT2D eigenvalue weighted by atomic mass is 16.5. The van der Waals surface area contributed by atoms with Crippen molar-refractivity contribution in [2.75, 3.05) is 33.0 Å². The highest BCUT2D eigenvalue weighted by Gasteiger charge is 2.34. The summed E-state index contributed by atoms with van der Waals surface area (Å²) in [6.45, 7) is 8.40. The molecule has 0 bridgehead atoms. The Hall–Kier alpha value is -5.76. The highest BCUT2D eigenvalue weighted by Crippen LogP contribution is 2.44. The van der Waals surface area contributed by atoms with Crippen molar-refractivity contribution in [3.8, 4) is 34.2 Å². The van der Waals surface area contributed by atoms with E-state index in [-0.39, 0.29) is 32.3 Å². The Morgan fingerprint density at radius 2 is 1.63 bits per heavy atom. The van der Waals surface area contributed by atoms with Gasteiger partial charge in [-0.25, -0.2) is 9.57 Å². The number of carbonyl (C=O) groups is 2. The molecule has 3 aromatic carbocycles. The number of rotatable bonds is 15. The molecule has 1 aliphatic rings. The van der Waals surface area contributed by atoms with Gasteiger partial charge in [0.25, 0.3) is 11.7 Å². The first-order valence-corrected chi connectivity index (χ1v) is 16.1. The van der Waals surface area contributed by atoms with Crippen molar-refractivity contribution in [2.45, 2.75) is 25.8 Å². The van der Waals surface area contributed by atoms with Crippen LogP contribution in [-0.2, 0) is 25.6 Å². The summed E-state index contributed by atoms with van der Waals surface area (Å²) in [4.78, 5) is 30.9. The van der Waals surface area contributed by atoms with E-state index in [2.05, 4.69) is 76.6 Å². The molecule has 0 unspecified atom stereocenters. The number of amides is 2. The normalized spacial score (nSPS) is 11.8. The van der Waals surface area contributed by atoms with Crippen LogP contribution in [0.25, 0.3) is 22.4 Å². The molecule has 0 saturated heterocycles. The minimum absolute atomic E-state index is 0.0669. The second-order valence-corrected chi connectivity index (χ2v) is 11.3. The molecule has 4 aromatic rings. The first-order chi connectivity index (χ1) is 24.0. The number of benzene rings is 3. The summed E-state index contributed by atoms with van der Waals surface area (Å²) < 4.78 is 14.0. The molecule has 2 heterocycles. The van der Waals surface area contributed by atoms with E-state index >= 15 is 0 Å². The van der Waals surface area contributed by atoms with Crippen LogP contribution in [0.2, 0.25) is 0 Å². The molecule has 10 nitrogen and oxygen atoms in total. The Morgan fingerprint density at radius 1 is 0.918 bits per heavy atom. The number of hydrogen-bond donors (Lipinski definition) is 2. The Morgan fingerprint density at radius 3 is 2.37 bits per heavy atom. The van der Waals surface area contributed by atoms with Crippen molar-refractivity contribution in [3.05, 3.63) is 102 Å². The Bertz CT molecular complexity index is 1920. The largest absolute Gasteiger partial charge is 0.369 e. The Labute approximate surface area is 286 Å². The minimum atomic E-state index is -0.442. The molecule has 0 spiro atoms. The number of hydrogen-bond acceptors (Lipinski definition) is 6. The standard InChI is InChI=1S/C39H38N6O4/c1-41-33(46)26-48-22-23-49-27-34(47)42-21-12-4-3-7-14-29-15-13-16-30(24-29)25-45-37(32-19-10-6-11-20-32)35(31-17-8-5-9-18-31)36-38(40)44(2)28-43-39(36)45/h5-6,8-11,13,15-20,24,28,40H,1-4,12,21-23,25-27H2/p+1. The molecule has 2 amide bonds. The van der Waals surface area contributed by atoms with Gasteiger partial charge < -0.3 is 19.4 Å². The van der Waals surface area contributed by atoms with Crippen LogP contribution in [0.15, 0.2) is 94.9 Å². The smallest absolute Gasteiger partial charge is 0.271 e. The number of ether oxygens (including phenoxy) is 2. The number of nitrogens with zero attached hydrogens (tertiary/aromatic N) is 4. The molecule has 10 heteroatoms. The third-order valence-corrected chi connectivity index (χ3v) is 7.75. The van der Waals surface area contributed by atoms with Gasteiger partial charge >= 0.3 is 0 Å². The number of carbonyl (C=O) groups excluding carboxylic acids is 2. The van der Waals surface area contributed by atoms with Crippen molar-refractivity contribution in [1.29, 1.82) is 5.41 Å². The second-order valence-electron chi connectivity index (χ2n) is 11.3. The van der Waals surface area contributed by atoms with Crippen molar-refractivity contribution in [3.63, 3.8) is 0 Å². The third kappa shape index (κ3) is 9.20. The Kier molecular flexibility index (Phi) is 12.3. The molecule has 5 rings (SSSR count). The van der Waals surface area contributed by atoms with E-state index < -0.39 is 5.91 Å². The summed E-state index contributed by atoms with van der Waals surface area (Å²) in [5.41, 5.74) is 6.74. The van der Waals surface area contributed by atoms with Gasteiger partial charge in [0.05, 0.1) is 25.5 Å². The Balaban J connectivity index is 1.22. The van der Waals surface area contributed by atoms with Crippen LogP contribution in [0.4, 0.5) is 5.82 Å². The summed E-state index contributed by atoms with van der Waals surface area (Å²) in [5.74, 6) is 6.93. The molecule has 1 aliphatic heterocycles. The van der Waals surface area contributed by atoms with Crippen molar-refractivity contribution < 1.29 is 23.6 Å². The number of amidine groups is 1. The fourth-order valence-corrected chi connectivity index (χ4v) is 5.43. The molecule has 2 N–H and O–H groups in total. The molecule has 248 valence electrons. The zero-order valence-electron chi connectivity index (χ0n) is 27.4. The van der Waals surface area contributed by atoms with Gasteiger partial charge in [-0.15, -0.1) is 0 Å². The highest BCUT2D eigenvalue weighted by molar-refractivity contribution is 6.10. The van der Waals surface area contributed by atoms with E-state index in [0.29, 0.717) is 25.3 Å². The van der Waals surface area contributed by atoms with E-state index in [1.54, 1.807) is 6.34 Å². The van der Waals surface area contributed by atoms with E-state index in [1.165, 1.54) is 4.58 Å². The molecule has 0 fully saturated rings. The van der Waals surface area contributed by atoms with E-state index in [0.717, 1.165) is 57.7 Å². The molecule has 0 atom stereocenters. The fourth-order valence-electron chi connectivity index (χ4n) is 5.43. The van der Waals surface area contributed by atoms with Gasteiger partial charge in [-0.1, -0.05) is 89.6 Å². The summed E-state index contributed by atoms with van der Waals surface area (Å²) in [6.07, 6.45) is 3.94. The lowest BCUT2D eigenvalue weighted by Crippen LogP contribution is -2.29. The van der Waals surface area contributed by atoms with Gasteiger partial charge in [0.15, 0.2) is 0 Å². The van der Waals surface area contributed by atoms with Gasteiger partial charge in [0.2, 0.25) is 18.1 Å². The van der Waals surface area contributed by atoms with Gasteiger partial charge in [-0.3, -0.25) is 9.59 Å². The van der Waals surface area contributed by atoms with Crippen LogP contribution in [0.5, 0.6) is 0 Å². The second kappa shape index (κ2) is 17.4. The maximum Gasteiger partial charge on any atom is 0.271 e. The SMILES string of the molecule is C=NC(=O)COCCOCC(=O)NCCCCC#Cc1cccc(Cn2c3c(c(-c4ccccc4)c2-c2ccccc2)C(=N)[N+](=C)C=N3)c1. The summed E-state index contributed by atoms with van der Waals surface area (Å²) >= 11 is 0. The zero-order valence-corrected chi connectivity index (χ0v) is 27.4. The fraction of sp³-hybridized carbons (Fsp3) is 0.231. The summed E-state index contributed by atoms with van der Waals surface area (Å²) in [7, 11) is 0. The molecular weight excluding hydrogens is 616 g/mol. The number of unbranched alkanes of at least 4 members (excludes halogenated alkanes) is 2. The predicted molar refractivity (Wildman–Crippen MR) is 193 cm³/mol. The lowest BCUT2D eigenvalue weighted by atomic mass is 9.96. The van der Waals surface area contributed by atoms with Gasteiger partial charge in [0.1, 0.15) is 18.8 Å². The van der Waals surface area contributed by atoms with Crippen LogP contribution < -0.4 is 5.32 Å². The van der Waals surface area contributed by atoms with Crippen LogP contribution in [0.3, 0.4) is 0 Å². The molecule has 49 heavy (non-hydrogen) atoms. The van der Waals surface area contributed by atoms with Gasteiger partial charge in [-0.2, -0.15) is 5.41 Å². The summed E-state index contributed by atoms with van der Waals surface area (Å²) in [6, 6.07) is 28.6. The first-order valence-electron chi connectivity index (χ1n) is 16.1. The topological polar surface area (TPSA) is 121 Å². The predicted octanol–water partition coefficient (Wildman–Crippen LogP) is 5.48. The van der Waals surface area contributed by atoms with E-state index in [1.807, 2.05) is 48.5 Å². The number of nitrogens with one attached hydrogen (secondary N) is 2. The van der Waals surface area contributed by atoms with Crippen molar-refractivity contribution in [1.82, 2.24) is 9.88 Å². The average Bonchev–Trinajstić information content (AvgIpc) is 3.45. The van der Waals surface area contributed by atoms with Crippen LogP contribution in [0, 0.1) is 17.3 Å². The van der Waals surface area contributed by atoms with Crippen molar-refractivity contribution in [2.24, 2.45) is 9.98 Å². The zero-order chi connectivity index (χ0) is 34.4. The van der Waals surface area contributed by atoms with Crippen LogP contribution in [0.1, 0.15) is 36.0 Å². The lowest BCUT2D eigenvalue weighted by Gasteiger charge is -2.13. The maximum atomic E-state index is 11.9. The number of fused-ring (bicyclic) bond motifs is 1. The van der Waals surface area contributed by atoms with E-state index in [9.17, 15) is 9.59 Å². The monoisotopic (exact) mass is 655 g/mol. The maximum absolute atomic E-state index is 11.9. The molecule has 0 saturated carbocycles. The van der Waals surface area contributed by atoms with E-state index in [4.69, 9.17) is 19.9 Å². The third-order valence-electron chi connectivity index (χ3n) is 7.75. The number of aromatic nitrogens is 1. The number of aliphatic imine (C=N–C) groups is 2. The molecule has 0 radical (unpaired) electrons. The molecule has 0 aliphatic carbocycles. The van der Waals surface area contributed by atoms with Crippen molar-refractivity contribution >= 4 is 43.2 Å². The van der Waals surface area contributed by atoms with Crippen LogP contribution in [-0.4, -0.2) is 79.5 Å². The molecular formula is C39H39N6O4+. The summed E-state index contributed by atoms with van der Waals surface area (Å²) in [5, 5.41) is 11.8.